The van der Waals surface area contributed by atoms with Crippen LogP contribution in [-0.2, 0) is 4.79 Å². The minimum atomic E-state index is -1.17. The molecule has 0 aliphatic rings. The van der Waals surface area contributed by atoms with E-state index in [0.29, 0.717) is 12.3 Å². The lowest BCUT2D eigenvalue weighted by Gasteiger charge is -2.02. The van der Waals surface area contributed by atoms with Crippen LogP contribution >= 0.6 is 0 Å². The van der Waals surface area contributed by atoms with Crippen molar-refractivity contribution in [1.29, 1.82) is 0 Å². The first kappa shape index (κ1) is 12.6. The Morgan fingerprint density at radius 3 is 2.57 bits per heavy atom. The van der Waals surface area contributed by atoms with Gasteiger partial charge in [-0.15, -0.1) is 0 Å². The summed E-state index contributed by atoms with van der Waals surface area (Å²) in [5, 5.41) is 18.8. The van der Waals surface area contributed by atoms with Crippen LogP contribution in [0.15, 0.2) is 11.8 Å². The average molecular weight is 201 g/mol. The summed E-state index contributed by atoms with van der Waals surface area (Å²) in [6, 6.07) is 0. The lowest BCUT2D eigenvalue weighted by atomic mass is 10.0. The lowest BCUT2D eigenvalue weighted by molar-refractivity contribution is -0.427. The molecule has 0 heterocycles. The smallest absolute Gasteiger partial charge is 0.314 e. The van der Waals surface area contributed by atoms with Gasteiger partial charge in [0.2, 0.25) is 0 Å². The minimum Gasteiger partial charge on any atom is -0.481 e. The topological polar surface area (TPSA) is 80.4 Å². The molecule has 5 nitrogen and oxygen atoms in total. The van der Waals surface area contributed by atoms with E-state index >= 15 is 0 Å². The van der Waals surface area contributed by atoms with Crippen molar-refractivity contribution in [3.8, 4) is 0 Å². The van der Waals surface area contributed by atoms with Gasteiger partial charge in [-0.05, 0) is 18.4 Å². The van der Waals surface area contributed by atoms with Gasteiger partial charge in [0, 0.05) is 0 Å². The predicted octanol–water partition coefficient (Wildman–Crippen LogP) is 2.06. The monoisotopic (exact) mass is 201 g/mol. The molecule has 0 fully saturated rings. The molecule has 0 bridgehead atoms. The fourth-order valence-electron chi connectivity index (χ4n) is 0.870. The number of rotatable bonds is 6. The van der Waals surface area contributed by atoms with Crippen LogP contribution in [-0.4, -0.2) is 16.0 Å². The molecule has 0 radical (unpaired) electrons. The molecule has 0 rings (SSSR count). The van der Waals surface area contributed by atoms with E-state index < -0.39 is 17.3 Å². The van der Waals surface area contributed by atoms with Gasteiger partial charge in [-0.3, -0.25) is 14.9 Å². The molecule has 0 aliphatic heterocycles. The first-order valence-electron chi connectivity index (χ1n) is 4.52. The summed E-state index contributed by atoms with van der Waals surface area (Å²) < 4.78 is 0. The summed E-state index contributed by atoms with van der Waals surface area (Å²) >= 11 is 0. The van der Waals surface area contributed by atoms with E-state index in [1.807, 2.05) is 13.8 Å². The molecular weight excluding hydrogens is 186 g/mol. The number of nitro groups is 1. The van der Waals surface area contributed by atoms with Crippen LogP contribution in [0.4, 0.5) is 0 Å². The quantitative estimate of drug-likeness (QED) is 0.526. The van der Waals surface area contributed by atoms with Crippen LogP contribution in [0, 0.1) is 16.0 Å². The second-order valence-corrected chi connectivity index (χ2v) is 3.27. The van der Waals surface area contributed by atoms with Crippen molar-refractivity contribution in [1.82, 2.24) is 0 Å². The van der Waals surface area contributed by atoms with Gasteiger partial charge < -0.3 is 5.11 Å². The van der Waals surface area contributed by atoms with Gasteiger partial charge in [0.05, 0.1) is 4.92 Å². The number of hydrogen-bond acceptors (Lipinski definition) is 3. The highest BCUT2D eigenvalue weighted by Crippen LogP contribution is 2.11. The number of carbonyl (C=O) groups is 1. The fourth-order valence-corrected chi connectivity index (χ4v) is 0.870. The Kier molecular flexibility index (Phi) is 5.52. The summed E-state index contributed by atoms with van der Waals surface area (Å²) in [5.74, 6) is -0.823. The van der Waals surface area contributed by atoms with Crippen molar-refractivity contribution >= 4 is 5.97 Å². The number of nitrogens with zero attached hydrogens (tertiary/aromatic N) is 1. The molecule has 0 aromatic carbocycles. The molecule has 1 N–H and O–H groups in total. The zero-order valence-electron chi connectivity index (χ0n) is 8.40. The summed E-state index contributed by atoms with van der Waals surface area (Å²) in [4.78, 5) is 20.1. The third-order valence-electron chi connectivity index (χ3n) is 2.02. The van der Waals surface area contributed by atoms with Crippen LogP contribution in [0.3, 0.4) is 0 Å². The first-order chi connectivity index (χ1) is 6.47. The van der Waals surface area contributed by atoms with E-state index in [1.165, 1.54) is 6.08 Å². The normalized spacial score (nSPS) is 13.7. The van der Waals surface area contributed by atoms with Crippen LogP contribution in [0.5, 0.6) is 0 Å². The zero-order chi connectivity index (χ0) is 11.1. The van der Waals surface area contributed by atoms with E-state index in [4.69, 9.17) is 5.11 Å². The maximum Gasteiger partial charge on any atom is 0.314 e. The van der Waals surface area contributed by atoms with Crippen LogP contribution in [0.25, 0.3) is 0 Å². The van der Waals surface area contributed by atoms with Crippen molar-refractivity contribution in [2.75, 3.05) is 0 Å². The molecular formula is C9H15NO4. The SMILES string of the molecule is CCC(C)C/C=C(/CC(=O)O)[N+](=O)[O-]. The van der Waals surface area contributed by atoms with Gasteiger partial charge in [0.25, 0.3) is 5.70 Å². The molecule has 5 heteroatoms. The minimum absolute atomic E-state index is 0.224. The van der Waals surface area contributed by atoms with Gasteiger partial charge >= 0.3 is 5.97 Å². The highest BCUT2D eigenvalue weighted by molar-refractivity contribution is 5.69. The number of hydrogen-bond donors (Lipinski definition) is 1. The molecule has 0 aromatic heterocycles. The van der Waals surface area contributed by atoms with Crippen molar-refractivity contribution < 1.29 is 14.8 Å². The van der Waals surface area contributed by atoms with Gasteiger partial charge in [-0.1, -0.05) is 20.3 Å². The summed E-state index contributed by atoms with van der Waals surface area (Å²) in [6.07, 6.45) is 2.38. The van der Waals surface area contributed by atoms with Crippen LogP contribution in [0.2, 0.25) is 0 Å². The Morgan fingerprint density at radius 2 is 2.21 bits per heavy atom. The predicted molar refractivity (Wildman–Crippen MR) is 51.4 cm³/mol. The Hall–Kier alpha value is -1.39. The van der Waals surface area contributed by atoms with Crippen molar-refractivity contribution in [2.45, 2.75) is 33.1 Å². The third kappa shape index (κ3) is 5.29. The fraction of sp³-hybridized carbons (Fsp3) is 0.667. The van der Waals surface area contributed by atoms with E-state index in [-0.39, 0.29) is 5.70 Å². The first-order valence-corrected chi connectivity index (χ1v) is 4.52. The van der Waals surface area contributed by atoms with E-state index in [2.05, 4.69) is 0 Å². The molecule has 0 amide bonds. The zero-order valence-corrected chi connectivity index (χ0v) is 8.40. The molecule has 0 aromatic rings. The molecule has 80 valence electrons. The summed E-state index contributed by atoms with van der Waals surface area (Å²) in [7, 11) is 0. The Balaban J connectivity index is 4.33. The van der Waals surface area contributed by atoms with Crippen LogP contribution < -0.4 is 0 Å². The second kappa shape index (κ2) is 6.12. The number of allylic oxidation sites excluding steroid dienone is 1. The Labute approximate surface area is 82.6 Å². The standard InChI is InChI=1S/C9H15NO4/c1-3-7(2)4-5-8(10(13)14)6-9(11)12/h5,7H,3-4,6H2,1-2H3,(H,11,12)/b8-5-. The number of carboxylic acid groups (broad SMARTS) is 1. The van der Waals surface area contributed by atoms with Gasteiger partial charge in [-0.25, -0.2) is 0 Å². The highest BCUT2D eigenvalue weighted by Gasteiger charge is 2.15. The summed E-state index contributed by atoms with van der Waals surface area (Å²) in [5.41, 5.74) is -0.224. The maximum absolute atomic E-state index is 10.4. The van der Waals surface area contributed by atoms with E-state index in [9.17, 15) is 14.9 Å². The molecule has 0 spiro atoms. The van der Waals surface area contributed by atoms with E-state index in [0.717, 1.165) is 6.42 Å². The highest BCUT2D eigenvalue weighted by atomic mass is 16.6. The third-order valence-corrected chi connectivity index (χ3v) is 2.02. The Bertz CT molecular complexity index is 247. The largest absolute Gasteiger partial charge is 0.481 e. The lowest BCUT2D eigenvalue weighted by Crippen LogP contribution is -2.06. The number of carboxylic acids is 1. The van der Waals surface area contributed by atoms with Gasteiger partial charge in [0.1, 0.15) is 6.42 Å². The van der Waals surface area contributed by atoms with Crippen molar-refractivity contribution in [3.05, 3.63) is 21.9 Å². The molecule has 0 saturated carbocycles. The molecule has 0 aliphatic carbocycles. The summed E-state index contributed by atoms with van der Waals surface area (Å²) in [6.45, 7) is 3.95. The number of aliphatic carboxylic acids is 1. The molecule has 1 atom stereocenters. The molecule has 1 unspecified atom stereocenters. The van der Waals surface area contributed by atoms with E-state index in [1.54, 1.807) is 0 Å². The molecule has 14 heavy (non-hydrogen) atoms. The maximum atomic E-state index is 10.4. The Morgan fingerprint density at radius 1 is 1.64 bits per heavy atom. The van der Waals surface area contributed by atoms with Crippen LogP contribution in [0.1, 0.15) is 33.1 Å². The molecule has 0 saturated heterocycles. The average Bonchev–Trinajstić information content (AvgIpc) is 2.10. The van der Waals surface area contributed by atoms with Gasteiger partial charge in [0.15, 0.2) is 0 Å². The second-order valence-electron chi connectivity index (χ2n) is 3.27. The van der Waals surface area contributed by atoms with Crippen molar-refractivity contribution in [3.63, 3.8) is 0 Å². The van der Waals surface area contributed by atoms with Gasteiger partial charge in [-0.2, -0.15) is 0 Å². The van der Waals surface area contributed by atoms with Crippen molar-refractivity contribution in [2.24, 2.45) is 5.92 Å².